The number of aromatic nitrogens is 5. The molecule has 2 aromatic heterocycles. The summed E-state index contributed by atoms with van der Waals surface area (Å²) in [5.41, 5.74) is 2.53. The number of rotatable bonds is 11. The molecule has 0 amide bonds. The molecule has 188 valence electrons. The summed E-state index contributed by atoms with van der Waals surface area (Å²) in [7, 11) is 0. The quantitative estimate of drug-likeness (QED) is 0.400. The van der Waals surface area contributed by atoms with Crippen LogP contribution >= 0.6 is 0 Å². The molecule has 11 heteroatoms. The van der Waals surface area contributed by atoms with Gasteiger partial charge in [-0.3, -0.25) is 19.4 Å². The van der Waals surface area contributed by atoms with Crippen molar-refractivity contribution in [2.24, 2.45) is 0 Å². The van der Waals surface area contributed by atoms with Gasteiger partial charge in [0.25, 0.3) is 5.56 Å². The average molecular weight is 484 g/mol. The van der Waals surface area contributed by atoms with Crippen LogP contribution in [0.1, 0.15) is 30.3 Å². The zero-order chi connectivity index (χ0) is 24.6. The van der Waals surface area contributed by atoms with Crippen molar-refractivity contribution >= 4 is 16.9 Å². The Labute approximate surface area is 204 Å². The highest BCUT2D eigenvalue weighted by Crippen LogP contribution is 2.15. The van der Waals surface area contributed by atoms with E-state index < -0.39 is 0 Å². The van der Waals surface area contributed by atoms with Crippen molar-refractivity contribution in [3.8, 4) is 0 Å². The third kappa shape index (κ3) is 6.93. The van der Waals surface area contributed by atoms with E-state index in [1.165, 1.54) is 4.68 Å². The van der Waals surface area contributed by atoms with Crippen LogP contribution in [0.15, 0.2) is 29.1 Å². The Morgan fingerprint density at radius 2 is 2.06 bits per heavy atom. The summed E-state index contributed by atoms with van der Waals surface area (Å²) in [6.07, 6.45) is 0.921. The Bertz CT molecular complexity index is 1190. The van der Waals surface area contributed by atoms with Crippen molar-refractivity contribution in [3.63, 3.8) is 0 Å². The minimum absolute atomic E-state index is 0.0480. The summed E-state index contributed by atoms with van der Waals surface area (Å²) >= 11 is 0. The van der Waals surface area contributed by atoms with Crippen LogP contribution in [-0.4, -0.2) is 87.0 Å². The molecule has 3 aromatic rings. The highest BCUT2D eigenvalue weighted by Gasteiger charge is 2.18. The third-order valence-electron chi connectivity index (χ3n) is 6.08. The Morgan fingerprint density at radius 3 is 2.86 bits per heavy atom. The summed E-state index contributed by atoms with van der Waals surface area (Å²) in [5, 5.41) is 12.8. The van der Waals surface area contributed by atoms with Crippen molar-refractivity contribution in [1.82, 2.24) is 35.0 Å². The van der Waals surface area contributed by atoms with Gasteiger partial charge in [-0.25, -0.2) is 4.68 Å². The molecule has 0 saturated carbocycles. The number of hydrogen-bond donors (Lipinski definition) is 1. The molecular formula is C24H33N7O4. The molecule has 0 unspecified atom stereocenters. The van der Waals surface area contributed by atoms with E-state index in [9.17, 15) is 9.59 Å². The number of carbonyl (C=O) groups is 1. The summed E-state index contributed by atoms with van der Waals surface area (Å²) < 4.78 is 11.9. The molecule has 35 heavy (non-hydrogen) atoms. The van der Waals surface area contributed by atoms with E-state index in [0.29, 0.717) is 31.1 Å². The normalized spacial score (nSPS) is 14.6. The van der Waals surface area contributed by atoms with E-state index in [2.05, 4.69) is 36.4 Å². The molecule has 0 bridgehead atoms. The fourth-order valence-electron chi connectivity index (χ4n) is 4.27. The van der Waals surface area contributed by atoms with E-state index >= 15 is 0 Å². The second-order valence-electron chi connectivity index (χ2n) is 8.79. The molecule has 11 nitrogen and oxygen atoms in total. The van der Waals surface area contributed by atoms with Crippen LogP contribution in [0.4, 0.5) is 0 Å². The molecule has 0 radical (unpaired) electrons. The fourth-order valence-corrected chi connectivity index (χ4v) is 4.27. The summed E-state index contributed by atoms with van der Waals surface area (Å²) in [6.45, 7) is 9.97. The zero-order valence-corrected chi connectivity index (χ0v) is 20.4. The topological polar surface area (TPSA) is 118 Å². The lowest BCUT2D eigenvalue weighted by Gasteiger charge is -2.28. The zero-order valence-electron chi connectivity index (χ0n) is 20.4. The van der Waals surface area contributed by atoms with Gasteiger partial charge in [-0.1, -0.05) is 11.6 Å². The molecule has 0 aliphatic carbocycles. The van der Waals surface area contributed by atoms with E-state index in [1.54, 1.807) is 6.92 Å². The SMILES string of the molecule is CCOC(=O)Cn1nnnc1CN(CCCN1CCOCC1)Cc1cc2cc(C)ccc2[nH]c1=O. The predicted octanol–water partition coefficient (Wildman–Crippen LogP) is 1.11. The van der Waals surface area contributed by atoms with E-state index in [-0.39, 0.29) is 18.1 Å². The van der Waals surface area contributed by atoms with Gasteiger partial charge < -0.3 is 14.5 Å². The molecular weight excluding hydrogens is 450 g/mol. The standard InChI is InChI=1S/C24H33N7O4/c1-3-35-23(32)17-31-22(26-27-28-31)16-30(8-4-7-29-9-11-34-12-10-29)15-20-14-19-13-18(2)5-6-21(19)25-24(20)33/h5-6,13-14H,3-4,7-12,15-17H2,1-2H3,(H,25,33). The van der Waals surface area contributed by atoms with Gasteiger partial charge in [0, 0.05) is 37.3 Å². The van der Waals surface area contributed by atoms with Crippen LogP contribution in [0.3, 0.4) is 0 Å². The predicted molar refractivity (Wildman–Crippen MR) is 130 cm³/mol. The Morgan fingerprint density at radius 1 is 1.23 bits per heavy atom. The fraction of sp³-hybridized carbons (Fsp3) is 0.542. The Hall–Kier alpha value is -3.15. The maximum Gasteiger partial charge on any atom is 0.327 e. The molecule has 1 N–H and O–H groups in total. The second kappa shape index (κ2) is 12.0. The van der Waals surface area contributed by atoms with Crippen molar-refractivity contribution in [2.45, 2.75) is 39.9 Å². The minimum atomic E-state index is -0.388. The maximum atomic E-state index is 12.9. The van der Waals surface area contributed by atoms with Gasteiger partial charge in [0.1, 0.15) is 6.54 Å². The summed E-state index contributed by atoms with van der Waals surface area (Å²) in [5.74, 6) is 0.166. The highest BCUT2D eigenvalue weighted by atomic mass is 16.5. The van der Waals surface area contributed by atoms with Crippen LogP contribution in [0.5, 0.6) is 0 Å². The molecule has 1 aliphatic heterocycles. The number of morpholine rings is 1. The Kier molecular flexibility index (Phi) is 8.56. The second-order valence-corrected chi connectivity index (χ2v) is 8.79. The molecule has 1 aromatic carbocycles. The monoisotopic (exact) mass is 483 g/mol. The number of benzene rings is 1. The van der Waals surface area contributed by atoms with Gasteiger partial charge in [-0.05, 0) is 60.8 Å². The number of nitrogens with zero attached hydrogens (tertiary/aromatic N) is 6. The number of carbonyl (C=O) groups excluding carboxylic acids is 1. The largest absolute Gasteiger partial charge is 0.465 e. The van der Waals surface area contributed by atoms with Gasteiger partial charge in [-0.2, -0.15) is 0 Å². The number of H-pyrrole nitrogens is 1. The van der Waals surface area contributed by atoms with Gasteiger partial charge in [-0.15, -0.1) is 5.10 Å². The lowest BCUT2D eigenvalue weighted by molar-refractivity contribution is -0.144. The van der Waals surface area contributed by atoms with Crippen LogP contribution in [0.2, 0.25) is 0 Å². The molecule has 1 saturated heterocycles. The lowest BCUT2D eigenvalue weighted by Crippen LogP contribution is -2.38. The highest BCUT2D eigenvalue weighted by molar-refractivity contribution is 5.79. The van der Waals surface area contributed by atoms with Crippen LogP contribution < -0.4 is 5.56 Å². The molecule has 0 spiro atoms. The van der Waals surface area contributed by atoms with Crippen LogP contribution in [-0.2, 0) is 33.9 Å². The van der Waals surface area contributed by atoms with Crippen molar-refractivity contribution in [3.05, 3.63) is 51.6 Å². The van der Waals surface area contributed by atoms with E-state index in [0.717, 1.165) is 62.3 Å². The number of nitrogens with one attached hydrogen (secondary N) is 1. The van der Waals surface area contributed by atoms with Crippen LogP contribution in [0.25, 0.3) is 10.9 Å². The Balaban J connectivity index is 1.51. The van der Waals surface area contributed by atoms with E-state index in [1.807, 2.05) is 25.1 Å². The number of tetrazole rings is 1. The van der Waals surface area contributed by atoms with Crippen LogP contribution in [0, 0.1) is 6.92 Å². The third-order valence-corrected chi connectivity index (χ3v) is 6.08. The molecule has 3 heterocycles. The van der Waals surface area contributed by atoms with Gasteiger partial charge in [0.15, 0.2) is 5.82 Å². The molecule has 1 aliphatic rings. The summed E-state index contributed by atoms with van der Waals surface area (Å²) in [6, 6.07) is 7.94. The van der Waals surface area contributed by atoms with Crippen molar-refractivity contribution in [2.75, 3.05) is 46.0 Å². The van der Waals surface area contributed by atoms with Crippen molar-refractivity contribution < 1.29 is 14.3 Å². The lowest BCUT2D eigenvalue weighted by atomic mass is 10.1. The number of aryl methyl sites for hydroxylation is 1. The van der Waals surface area contributed by atoms with Gasteiger partial charge in [0.05, 0.1) is 26.4 Å². The number of pyridine rings is 1. The van der Waals surface area contributed by atoms with Gasteiger partial charge >= 0.3 is 5.97 Å². The minimum Gasteiger partial charge on any atom is -0.465 e. The molecule has 1 fully saturated rings. The first-order valence-corrected chi connectivity index (χ1v) is 12.1. The first-order valence-electron chi connectivity index (χ1n) is 12.1. The average Bonchev–Trinajstić information content (AvgIpc) is 3.26. The first kappa shape index (κ1) is 25.0. The number of ether oxygens (including phenoxy) is 2. The van der Waals surface area contributed by atoms with E-state index in [4.69, 9.17) is 9.47 Å². The molecule has 4 rings (SSSR count). The smallest absolute Gasteiger partial charge is 0.327 e. The number of hydrogen-bond acceptors (Lipinski definition) is 9. The number of aromatic amines is 1. The number of esters is 1. The molecule has 0 atom stereocenters. The van der Waals surface area contributed by atoms with Gasteiger partial charge in [0.2, 0.25) is 0 Å². The first-order chi connectivity index (χ1) is 17.0. The van der Waals surface area contributed by atoms with Crippen molar-refractivity contribution in [1.29, 1.82) is 0 Å². The maximum absolute atomic E-state index is 12.9. The summed E-state index contributed by atoms with van der Waals surface area (Å²) in [4.78, 5) is 32.4. The number of fused-ring (bicyclic) bond motifs is 1.